The van der Waals surface area contributed by atoms with Crippen LogP contribution in [0.1, 0.15) is 38.0 Å². The van der Waals surface area contributed by atoms with Crippen LogP contribution in [0.2, 0.25) is 0 Å². The van der Waals surface area contributed by atoms with Gasteiger partial charge in [-0.3, -0.25) is 4.79 Å². The molecule has 12 nitrogen and oxygen atoms in total. The first-order valence-electron chi connectivity index (χ1n) is 12.2. The third-order valence-corrected chi connectivity index (χ3v) is 5.50. The molecular formula is C29H27NO11. The number of esters is 3. The molecular weight excluding hydrogens is 538 g/mol. The number of methoxy groups -OCH3 is 2. The lowest BCUT2D eigenvalue weighted by Crippen LogP contribution is -2.48. The van der Waals surface area contributed by atoms with Gasteiger partial charge in [0.25, 0.3) is 5.91 Å². The second-order valence-electron chi connectivity index (χ2n) is 8.24. The number of carbonyl (C=O) groups excluding carboxylic acids is 4. The van der Waals surface area contributed by atoms with Gasteiger partial charge in [-0.15, -0.1) is 0 Å². The molecule has 0 saturated carbocycles. The molecule has 0 unspecified atom stereocenters. The number of nitrogens with one attached hydrogen (secondary N) is 1. The highest BCUT2D eigenvalue weighted by Gasteiger charge is 2.41. The summed E-state index contributed by atoms with van der Waals surface area (Å²) in [6, 6.07) is 17.0. The van der Waals surface area contributed by atoms with Crippen LogP contribution >= 0.6 is 0 Å². The molecule has 214 valence electrons. The van der Waals surface area contributed by atoms with Gasteiger partial charge in [0.05, 0.1) is 37.5 Å². The molecule has 12 heteroatoms. The number of benzene rings is 3. The summed E-state index contributed by atoms with van der Waals surface area (Å²) in [7, 11) is 2.75. The lowest BCUT2D eigenvalue weighted by Gasteiger charge is -2.24. The minimum absolute atomic E-state index is 0.0604. The minimum atomic E-state index is -2.27. The molecule has 3 aromatic carbocycles. The average Bonchev–Trinajstić information content (AvgIpc) is 2.98. The summed E-state index contributed by atoms with van der Waals surface area (Å²) >= 11 is 0. The van der Waals surface area contributed by atoms with E-state index in [1.165, 1.54) is 74.9 Å². The quantitative estimate of drug-likeness (QED) is 0.244. The maximum Gasteiger partial charge on any atom is 0.349 e. The Kier molecular flexibility index (Phi) is 10.4. The summed E-state index contributed by atoms with van der Waals surface area (Å²) < 4.78 is 25.6. The summed E-state index contributed by atoms with van der Waals surface area (Å²) in [6.07, 6.45) is -4.43. The van der Waals surface area contributed by atoms with E-state index in [0.717, 1.165) is 0 Å². The molecule has 0 aliphatic rings. The number of amides is 1. The van der Waals surface area contributed by atoms with Crippen LogP contribution in [0.25, 0.3) is 0 Å². The van der Waals surface area contributed by atoms with E-state index in [1.807, 2.05) is 0 Å². The van der Waals surface area contributed by atoms with Crippen LogP contribution in [0, 0.1) is 0 Å². The number of carboxylic acid groups (broad SMARTS) is 1. The van der Waals surface area contributed by atoms with E-state index in [1.54, 1.807) is 19.1 Å². The molecule has 3 aromatic rings. The van der Waals surface area contributed by atoms with Gasteiger partial charge in [-0.2, -0.15) is 0 Å². The molecule has 2 N–H and O–H groups in total. The fourth-order valence-electron chi connectivity index (χ4n) is 3.51. The number of hydrogen-bond donors (Lipinski definition) is 2. The maximum atomic E-state index is 13.4. The van der Waals surface area contributed by atoms with Crippen molar-refractivity contribution in [2.24, 2.45) is 0 Å². The first-order valence-corrected chi connectivity index (χ1v) is 12.2. The Hall–Kier alpha value is -5.39. The van der Waals surface area contributed by atoms with Gasteiger partial charge in [-0.25, -0.2) is 19.2 Å². The van der Waals surface area contributed by atoms with Gasteiger partial charge < -0.3 is 34.1 Å². The Morgan fingerprint density at radius 2 is 1.20 bits per heavy atom. The zero-order valence-corrected chi connectivity index (χ0v) is 22.3. The summed E-state index contributed by atoms with van der Waals surface area (Å²) in [6.45, 7) is 1.75. The molecule has 0 aromatic heterocycles. The Labute approximate surface area is 234 Å². The van der Waals surface area contributed by atoms with Crippen LogP contribution in [-0.4, -0.2) is 67.9 Å². The Morgan fingerprint density at radius 1 is 0.707 bits per heavy atom. The van der Waals surface area contributed by atoms with E-state index in [2.05, 4.69) is 5.32 Å². The predicted octanol–water partition coefficient (Wildman–Crippen LogP) is 3.35. The van der Waals surface area contributed by atoms with Crippen molar-refractivity contribution in [1.82, 2.24) is 0 Å². The molecule has 0 fully saturated rings. The van der Waals surface area contributed by atoms with Gasteiger partial charge in [0.2, 0.25) is 12.2 Å². The van der Waals surface area contributed by atoms with Gasteiger partial charge in [-0.05, 0) is 61.5 Å². The lowest BCUT2D eigenvalue weighted by molar-refractivity contribution is -0.157. The lowest BCUT2D eigenvalue weighted by atomic mass is 10.1. The Bertz CT molecular complexity index is 1440. The van der Waals surface area contributed by atoms with Crippen LogP contribution < -0.4 is 14.8 Å². The van der Waals surface area contributed by atoms with Gasteiger partial charge in [-0.1, -0.05) is 18.2 Å². The van der Waals surface area contributed by atoms with Crippen molar-refractivity contribution >= 4 is 35.5 Å². The van der Waals surface area contributed by atoms with E-state index >= 15 is 0 Å². The number of rotatable bonds is 12. The number of hydrogen-bond acceptors (Lipinski definition) is 10. The van der Waals surface area contributed by atoms with Gasteiger partial charge in [0, 0.05) is 5.69 Å². The standard InChI is InChI=1S/C29H27NO11/c1-4-39-27(34)17-8-5-11-20(14-17)30-25(31)23(40-28(35)18-9-6-12-21(15-18)37-2)24(26(32)33)41-29(36)19-10-7-13-22(16-19)38-3/h5-16,23-24H,4H2,1-3H3,(H,30,31)(H,32,33)/t23-,24-/m1/s1. The van der Waals surface area contributed by atoms with Crippen molar-refractivity contribution in [3.05, 3.63) is 89.5 Å². The Morgan fingerprint density at radius 3 is 1.68 bits per heavy atom. The highest BCUT2D eigenvalue weighted by Crippen LogP contribution is 2.20. The number of carboxylic acids is 1. The first kappa shape index (κ1) is 30.2. The maximum absolute atomic E-state index is 13.4. The van der Waals surface area contributed by atoms with E-state index in [0.29, 0.717) is 11.5 Å². The van der Waals surface area contributed by atoms with Crippen LogP contribution in [0.15, 0.2) is 72.8 Å². The largest absolute Gasteiger partial charge is 0.497 e. The normalized spacial score (nSPS) is 11.8. The van der Waals surface area contributed by atoms with Crippen molar-refractivity contribution < 1.29 is 52.8 Å². The topological polar surface area (TPSA) is 164 Å². The zero-order chi connectivity index (χ0) is 29.9. The van der Waals surface area contributed by atoms with Crippen molar-refractivity contribution in [1.29, 1.82) is 0 Å². The third-order valence-electron chi connectivity index (χ3n) is 5.50. The molecule has 2 atom stereocenters. The smallest absolute Gasteiger partial charge is 0.349 e. The fourth-order valence-corrected chi connectivity index (χ4v) is 3.51. The molecule has 3 rings (SSSR count). The van der Waals surface area contributed by atoms with Crippen molar-refractivity contribution in [3.63, 3.8) is 0 Å². The fraction of sp³-hybridized carbons (Fsp3) is 0.207. The van der Waals surface area contributed by atoms with Gasteiger partial charge >= 0.3 is 23.9 Å². The molecule has 0 heterocycles. The van der Waals surface area contributed by atoms with Crippen molar-refractivity contribution in [3.8, 4) is 11.5 Å². The van der Waals surface area contributed by atoms with Crippen LogP contribution in [-0.2, 0) is 23.8 Å². The molecule has 0 radical (unpaired) electrons. The third kappa shape index (κ3) is 8.05. The van der Waals surface area contributed by atoms with Crippen LogP contribution in [0.4, 0.5) is 5.69 Å². The van der Waals surface area contributed by atoms with Crippen LogP contribution in [0.3, 0.4) is 0 Å². The van der Waals surface area contributed by atoms with Gasteiger partial charge in [0.15, 0.2) is 0 Å². The minimum Gasteiger partial charge on any atom is -0.497 e. The summed E-state index contributed by atoms with van der Waals surface area (Å²) in [5.74, 6) is -5.17. The van der Waals surface area contributed by atoms with Crippen molar-refractivity contribution in [2.45, 2.75) is 19.1 Å². The second-order valence-corrected chi connectivity index (χ2v) is 8.24. The molecule has 0 aliphatic heterocycles. The van der Waals surface area contributed by atoms with E-state index in [9.17, 15) is 29.1 Å². The van der Waals surface area contributed by atoms with Gasteiger partial charge in [0.1, 0.15) is 11.5 Å². The van der Waals surface area contributed by atoms with Crippen LogP contribution in [0.5, 0.6) is 11.5 Å². The molecule has 0 bridgehead atoms. The molecule has 1 amide bonds. The number of anilines is 1. The summed E-state index contributed by atoms with van der Waals surface area (Å²) in [5.41, 5.74) is 0.0331. The number of carbonyl (C=O) groups is 5. The molecule has 41 heavy (non-hydrogen) atoms. The first-order chi connectivity index (χ1) is 19.7. The molecule has 0 aliphatic carbocycles. The zero-order valence-electron chi connectivity index (χ0n) is 22.3. The average molecular weight is 566 g/mol. The monoisotopic (exact) mass is 565 g/mol. The SMILES string of the molecule is CCOC(=O)c1cccc(NC(=O)[C@H](OC(=O)c2cccc(OC)c2)[C@@H](OC(=O)c2cccc(OC)c2)C(=O)O)c1. The van der Waals surface area contributed by atoms with E-state index in [4.69, 9.17) is 23.7 Å². The molecule has 0 saturated heterocycles. The van der Waals surface area contributed by atoms with E-state index in [-0.39, 0.29) is 29.0 Å². The van der Waals surface area contributed by atoms with E-state index < -0.39 is 42.0 Å². The molecule has 0 spiro atoms. The van der Waals surface area contributed by atoms with Crippen molar-refractivity contribution in [2.75, 3.05) is 26.1 Å². The summed E-state index contributed by atoms with van der Waals surface area (Å²) in [4.78, 5) is 63.6. The number of aliphatic carboxylic acids is 1. The highest BCUT2D eigenvalue weighted by molar-refractivity contribution is 6.02. The Balaban J connectivity index is 1.94. The number of ether oxygens (including phenoxy) is 5. The second kappa shape index (κ2) is 14.1. The predicted molar refractivity (Wildman–Crippen MR) is 143 cm³/mol. The summed E-state index contributed by atoms with van der Waals surface area (Å²) in [5, 5.41) is 12.3. The highest BCUT2D eigenvalue weighted by atomic mass is 16.6.